The van der Waals surface area contributed by atoms with Gasteiger partial charge in [0.25, 0.3) is 0 Å². The van der Waals surface area contributed by atoms with Crippen LogP contribution in [0.3, 0.4) is 0 Å². The Kier molecular flexibility index (Phi) is 4.35. The smallest absolute Gasteiger partial charge is 0.191 e. The number of rotatable bonds is 5. The molecule has 0 saturated heterocycles. The topological polar surface area (TPSA) is 46.2 Å². The van der Waals surface area contributed by atoms with Gasteiger partial charge in [0.05, 0.1) is 4.90 Å². The van der Waals surface area contributed by atoms with E-state index < -0.39 is 9.84 Å². The van der Waals surface area contributed by atoms with Crippen LogP contribution in [0.2, 0.25) is 0 Å². The number of hydrogen-bond acceptors (Lipinski definition) is 3. The van der Waals surface area contributed by atoms with Gasteiger partial charge in [-0.05, 0) is 24.1 Å². The van der Waals surface area contributed by atoms with E-state index in [0.29, 0.717) is 11.4 Å². The molecule has 0 heterocycles. The molecule has 0 saturated carbocycles. The molecule has 0 atom stereocenters. The van der Waals surface area contributed by atoms with Crippen LogP contribution >= 0.6 is 0 Å². The van der Waals surface area contributed by atoms with Crippen LogP contribution in [0.1, 0.15) is 11.1 Å². The zero-order valence-electron chi connectivity index (χ0n) is 10.8. The first-order chi connectivity index (χ1) is 9.09. The molecule has 0 aliphatic rings. The van der Waals surface area contributed by atoms with E-state index in [0.717, 1.165) is 11.1 Å². The molecule has 0 amide bonds. The van der Waals surface area contributed by atoms with Crippen LogP contribution in [-0.4, -0.2) is 14.3 Å². The first kappa shape index (κ1) is 13.8. The summed E-state index contributed by atoms with van der Waals surface area (Å²) < 4.78 is 24.4. The van der Waals surface area contributed by atoms with Crippen molar-refractivity contribution in [2.24, 2.45) is 0 Å². The minimum Gasteiger partial charge on any atom is -0.299 e. The quantitative estimate of drug-likeness (QED) is 0.912. The number of benzene rings is 2. The number of sulfone groups is 1. The van der Waals surface area contributed by atoms with E-state index in [1.54, 1.807) is 12.1 Å². The van der Waals surface area contributed by atoms with Gasteiger partial charge in [-0.2, -0.15) is 0 Å². The van der Waals surface area contributed by atoms with Crippen molar-refractivity contribution in [2.45, 2.75) is 18.4 Å². The summed E-state index contributed by atoms with van der Waals surface area (Å²) in [5.74, 6) is -0.0489. The third kappa shape index (κ3) is 3.66. The van der Waals surface area contributed by atoms with Crippen LogP contribution in [-0.2, 0) is 16.4 Å². The highest BCUT2D eigenvalue weighted by molar-refractivity contribution is 7.91. The molecule has 0 aromatic heterocycles. The molecule has 2 rings (SSSR count). The molecule has 0 fully saturated rings. The molecule has 3 nitrogen and oxygen atoms in total. The lowest BCUT2D eigenvalue weighted by Gasteiger charge is -2.08. The molecule has 2 aromatic carbocycles. The van der Waals surface area contributed by atoms with E-state index in [1.165, 1.54) is 0 Å². The Morgan fingerprint density at radius 3 is 2.26 bits per heavy atom. The summed E-state index contributed by atoms with van der Waals surface area (Å²) in [5.41, 5.74) is 1.85. The maximum atomic E-state index is 12.2. The SMILES string of the molecule is Cc1ccccc1S(=O)(=O)CNCc1ccccc1. The van der Waals surface area contributed by atoms with Crippen LogP contribution in [0.5, 0.6) is 0 Å². The van der Waals surface area contributed by atoms with Gasteiger partial charge in [0, 0.05) is 6.54 Å². The van der Waals surface area contributed by atoms with Crippen molar-refractivity contribution in [3.63, 3.8) is 0 Å². The third-order valence-electron chi connectivity index (χ3n) is 2.89. The molecule has 0 aliphatic heterocycles. The summed E-state index contributed by atoms with van der Waals surface area (Å²) in [6.45, 7) is 2.36. The summed E-state index contributed by atoms with van der Waals surface area (Å²) in [6.07, 6.45) is 0. The van der Waals surface area contributed by atoms with E-state index in [9.17, 15) is 8.42 Å². The van der Waals surface area contributed by atoms with Gasteiger partial charge in [-0.15, -0.1) is 0 Å². The maximum Gasteiger partial charge on any atom is 0.191 e. The Hall–Kier alpha value is -1.65. The van der Waals surface area contributed by atoms with Crippen LogP contribution < -0.4 is 5.32 Å². The fourth-order valence-corrected chi connectivity index (χ4v) is 3.28. The number of aryl methyl sites for hydroxylation is 1. The summed E-state index contributed by atoms with van der Waals surface area (Å²) >= 11 is 0. The number of hydrogen-bond donors (Lipinski definition) is 1. The molecule has 0 bridgehead atoms. The van der Waals surface area contributed by atoms with E-state index in [-0.39, 0.29) is 5.88 Å². The Balaban J connectivity index is 2.01. The van der Waals surface area contributed by atoms with Gasteiger partial charge < -0.3 is 0 Å². The molecule has 0 unspecified atom stereocenters. The van der Waals surface area contributed by atoms with E-state index in [2.05, 4.69) is 5.32 Å². The van der Waals surface area contributed by atoms with Gasteiger partial charge in [0.2, 0.25) is 0 Å². The van der Waals surface area contributed by atoms with Crippen molar-refractivity contribution in [3.05, 3.63) is 65.7 Å². The predicted molar refractivity (Wildman–Crippen MR) is 76.5 cm³/mol. The minimum absolute atomic E-state index is 0.0489. The molecule has 19 heavy (non-hydrogen) atoms. The average molecular weight is 275 g/mol. The van der Waals surface area contributed by atoms with Crippen molar-refractivity contribution < 1.29 is 8.42 Å². The van der Waals surface area contributed by atoms with Gasteiger partial charge in [-0.1, -0.05) is 48.5 Å². The van der Waals surface area contributed by atoms with Crippen LogP contribution in [0, 0.1) is 6.92 Å². The third-order valence-corrected chi connectivity index (χ3v) is 4.61. The number of nitrogens with one attached hydrogen (secondary N) is 1. The molecule has 4 heteroatoms. The van der Waals surface area contributed by atoms with Crippen molar-refractivity contribution in [1.29, 1.82) is 0 Å². The largest absolute Gasteiger partial charge is 0.299 e. The first-order valence-corrected chi connectivity index (χ1v) is 7.78. The van der Waals surface area contributed by atoms with Gasteiger partial charge >= 0.3 is 0 Å². The predicted octanol–water partition coefficient (Wildman–Crippen LogP) is 2.52. The summed E-state index contributed by atoms with van der Waals surface area (Å²) in [6, 6.07) is 16.8. The Morgan fingerprint density at radius 2 is 1.58 bits per heavy atom. The van der Waals surface area contributed by atoms with Gasteiger partial charge in [0.15, 0.2) is 9.84 Å². The molecular weight excluding hydrogens is 258 g/mol. The highest BCUT2D eigenvalue weighted by atomic mass is 32.2. The summed E-state index contributed by atoms with van der Waals surface area (Å²) in [4.78, 5) is 0.399. The van der Waals surface area contributed by atoms with Crippen LogP contribution in [0.4, 0.5) is 0 Å². The summed E-state index contributed by atoms with van der Waals surface area (Å²) in [7, 11) is -3.27. The maximum absolute atomic E-state index is 12.2. The second kappa shape index (κ2) is 5.99. The van der Waals surface area contributed by atoms with E-state index in [1.807, 2.05) is 49.4 Å². The van der Waals surface area contributed by atoms with Crippen molar-refractivity contribution in [2.75, 3.05) is 5.88 Å². The molecule has 100 valence electrons. The van der Waals surface area contributed by atoms with Gasteiger partial charge in [-0.3, -0.25) is 5.32 Å². The Morgan fingerprint density at radius 1 is 0.947 bits per heavy atom. The van der Waals surface area contributed by atoms with Crippen molar-refractivity contribution >= 4 is 9.84 Å². The molecule has 0 radical (unpaired) electrons. The Labute approximate surface area is 114 Å². The zero-order chi connectivity index (χ0) is 13.7. The highest BCUT2D eigenvalue weighted by Crippen LogP contribution is 2.15. The monoisotopic (exact) mass is 275 g/mol. The fourth-order valence-electron chi connectivity index (χ4n) is 1.91. The Bertz CT molecular complexity index is 636. The lowest BCUT2D eigenvalue weighted by atomic mass is 10.2. The van der Waals surface area contributed by atoms with Crippen LogP contribution in [0.15, 0.2) is 59.5 Å². The van der Waals surface area contributed by atoms with Gasteiger partial charge in [0.1, 0.15) is 5.88 Å². The molecule has 2 aromatic rings. The van der Waals surface area contributed by atoms with Crippen molar-refractivity contribution in [3.8, 4) is 0 Å². The molecule has 0 spiro atoms. The molecule has 1 N–H and O–H groups in total. The van der Waals surface area contributed by atoms with E-state index in [4.69, 9.17) is 0 Å². The standard InChI is InChI=1S/C15H17NO2S/c1-13-7-5-6-10-15(13)19(17,18)12-16-11-14-8-3-2-4-9-14/h2-10,16H,11-12H2,1H3. The highest BCUT2D eigenvalue weighted by Gasteiger charge is 2.15. The average Bonchev–Trinajstić information content (AvgIpc) is 2.40. The fraction of sp³-hybridized carbons (Fsp3) is 0.200. The van der Waals surface area contributed by atoms with E-state index >= 15 is 0 Å². The van der Waals surface area contributed by atoms with Crippen molar-refractivity contribution in [1.82, 2.24) is 5.32 Å². The second-order valence-electron chi connectivity index (χ2n) is 4.44. The minimum atomic E-state index is -3.27. The lowest BCUT2D eigenvalue weighted by Crippen LogP contribution is -2.23. The normalized spacial score (nSPS) is 11.4. The molecule has 0 aliphatic carbocycles. The molecular formula is C15H17NO2S. The zero-order valence-corrected chi connectivity index (χ0v) is 11.7. The van der Waals surface area contributed by atoms with Crippen LogP contribution in [0.25, 0.3) is 0 Å². The summed E-state index contributed by atoms with van der Waals surface area (Å²) in [5, 5.41) is 2.98. The lowest BCUT2D eigenvalue weighted by molar-refractivity contribution is 0.586. The first-order valence-electron chi connectivity index (χ1n) is 6.12. The second-order valence-corrected chi connectivity index (χ2v) is 6.39. The van der Waals surface area contributed by atoms with Gasteiger partial charge in [-0.25, -0.2) is 8.42 Å².